The predicted molar refractivity (Wildman–Crippen MR) is 77.3 cm³/mol. The molecular formula is C16H27NO. The van der Waals surface area contributed by atoms with Crippen molar-refractivity contribution in [3.8, 4) is 0 Å². The molecular weight excluding hydrogens is 222 g/mol. The Hall–Kier alpha value is -1.05. The first kappa shape index (κ1) is 15.0. The molecule has 0 spiro atoms. The maximum absolute atomic E-state index is 10.5. The van der Waals surface area contributed by atoms with Crippen LogP contribution in [0.2, 0.25) is 0 Å². The predicted octanol–water partition coefficient (Wildman–Crippen LogP) is 3.79. The molecule has 0 unspecified atom stereocenters. The van der Waals surface area contributed by atoms with E-state index in [-0.39, 0.29) is 5.41 Å². The molecule has 1 rings (SSSR count). The molecule has 1 aliphatic heterocycles. The minimum Gasteiger partial charge on any atom is -0.377 e. The molecule has 1 heterocycles. The van der Waals surface area contributed by atoms with Crippen LogP contribution in [0, 0.1) is 11.3 Å². The van der Waals surface area contributed by atoms with E-state index in [0.717, 1.165) is 31.4 Å². The molecule has 0 bridgehead atoms. The van der Waals surface area contributed by atoms with E-state index in [4.69, 9.17) is 0 Å². The molecule has 0 fully saturated rings. The number of carbonyl (C=O) groups is 1. The molecule has 18 heavy (non-hydrogen) atoms. The highest BCUT2D eigenvalue weighted by Crippen LogP contribution is 2.37. The van der Waals surface area contributed by atoms with Crippen LogP contribution in [0.25, 0.3) is 0 Å². The molecule has 0 aliphatic carbocycles. The summed E-state index contributed by atoms with van der Waals surface area (Å²) >= 11 is 0. The molecule has 2 heteroatoms. The van der Waals surface area contributed by atoms with Gasteiger partial charge in [0.2, 0.25) is 0 Å². The largest absolute Gasteiger partial charge is 0.377 e. The fourth-order valence-electron chi connectivity index (χ4n) is 2.42. The van der Waals surface area contributed by atoms with Crippen molar-refractivity contribution in [1.29, 1.82) is 0 Å². The van der Waals surface area contributed by atoms with Gasteiger partial charge in [0.1, 0.15) is 6.29 Å². The Morgan fingerprint density at radius 1 is 1.50 bits per heavy atom. The number of rotatable bonds is 5. The lowest BCUT2D eigenvalue weighted by Crippen LogP contribution is -2.34. The normalized spacial score (nSPS) is 20.0. The minimum atomic E-state index is 0.255. The van der Waals surface area contributed by atoms with Gasteiger partial charge in [0.05, 0.1) is 0 Å². The second-order valence-corrected chi connectivity index (χ2v) is 6.50. The van der Waals surface area contributed by atoms with Crippen LogP contribution < -0.4 is 0 Å². The van der Waals surface area contributed by atoms with Gasteiger partial charge in [-0.3, -0.25) is 4.79 Å². The third-order valence-corrected chi connectivity index (χ3v) is 3.65. The molecule has 0 saturated carbocycles. The fraction of sp³-hybridized carbons (Fsp3) is 0.688. The van der Waals surface area contributed by atoms with Crippen molar-refractivity contribution < 1.29 is 4.79 Å². The van der Waals surface area contributed by atoms with Crippen molar-refractivity contribution in [3.63, 3.8) is 0 Å². The molecule has 0 aromatic carbocycles. The van der Waals surface area contributed by atoms with Crippen molar-refractivity contribution in [2.24, 2.45) is 11.3 Å². The Balaban J connectivity index is 2.83. The topological polar surface area (TPSA) is 20.3 Å². The fourth-order valence-corrected chi connectivity index (χ4v) is 2.42. The SMILES string of the molecule is CC(=CC=O)CC1=CN(CC(C)C)CCC1(C)C. The van der Waals surface area contributed by atoms with Crippen LogP contribution >= 0.6 is 0 Å². The maximum Gasteiger partial charge on any atom is 0.142 e. The van der Waals surface area contributed by atoms with Gasteiger partial charge in [0, 0.05) is 13.1 Å². The first-order valence-corrected chi connectivity index (χ1v) is 6.91. The van der Waals surface area contributed by atoms with E-state index in [1.165, 1.54) is 12.0 Å². The van der Waals surface area contributed by atoms with E-state index >= 15 is 0 Å². The molecule has 0 atom stereocenters. The van der Waals surface area contributed by atoms with E-state index in [1.807, 2.05) is 6.92 Å². The maximum atomic E-state index is 10.5. The standard InChI is InChI=1S/C16H27NO/c1-13(2)11-17-8-7-16(4,5)15(12-17)10-14(3)6-9-18/h6,9,12-13H,7-8,10-11H2,1-5H3. The molecule has 0 saturated heterocycles. The van der Waals surface area contributed by atoms with Crippen LogP contribution in [0.5, 0.6) is 0 Å². The third-order valence-electron chi connectivity index (χ3n) is 3.65. The number of hydrogen-bond acceptors (Lipinski definition) is 2. The summed E-state index contributed by atoms with van der Waals surface area (Å²) < 4.78 is 0. The van der Waals surface area contributed by atoms with Crippen LogP contribution in [-0.4, -0.2) is 24.3 Å². The molecule has 2 nitrogen and oxygen atoms in total. The number of aldehydes is 1. The molecule has 0 aromatic rings. The Bertz CT molecular complexity index is 350. The molecule has 0 amide bonds. The van der Waals surface area contributed by atoms with Gasteiger partial charge in [-0.2, -0.15) is 0 Å². The van der Waals surface area contributed by atoms with Crippen LogP contribution in [0.3, 0.4) is 0 Å². The summed E-state index contributed by atoms with van der Waals surface area (Å²) in [6.45, 7) is 13.4. The lowest BCUT2D eigenvalue weighted by atomic mass is 9.76. The Labute approximate surface area is 112 Å². The second kappa shape index (κ2) is 6.21. The zero-order chi connectivity index (χ0) is 13.8. The van der Waals surface area contributed by atoms with Gasteiger partial charge in [0.25, 0.3) is 0 Å². The smallest absolute Gasteiger partial charge is 0.142 e. The number of hydrogen-bond donors (Lipinski definition) is 0. The van der Waals surface area contributed by atoms with Gasteiger partial charge in [-0.05, 0) is 48.9 Å². The summed E-state index contributed by atoms with van der Waals surface area (Å²) in [5, 5.41) is 0. The van der Waals surface area contributed by atoms with Crippen molar-refractivity contribution in [1.82, 2.24) is 4.90 Å². The average Bonchev–Trinajstić information content (AvgIpc) is 2.23. The van der Waals surface area contributed by atoms with E-state index < -0.39 is 0 Å². The Morgan fingerprint density at radius 2 is 2.17 bits per heavy atom. The van der Waals surface area contributed by atoms with Crippen LogP contribution in [-0.2, 0) is 4.79 Å². The number of allylic oxidation sites excluding steroid dienone is 3. The third kappa shape index (κ3) is 4.32. The summed E-state index contributed by atoms with van der Waals surface area (Å²) in [7, 11) is 0. The number of nitrogens with zero attached hydrogens (tertiary/aromatic N) is 1. The van der Waals surface area contributed by atoms with E-state index in [0.29, 0.717) is 5.92 Å². The second-order valence-electron chi connectivity index (χ2n) is 6.50. The Kier molecular flexibility index (Phi) is 5.18. The van der Waals surface area contributed by atoms with Crippen molar-refractivity contribution >= 4 is 6.29 Å². The number of carbonyl (C=O) groups excluding carboxylic acids is 1. The highest BCUT2D eigenvalue weighted by atomic mass is 16.1. The lowest BCUT2D eigenvalue weighted by Gasteiger charge is -2.38. The van der Waals surface area contributed by atoms with Crippen LogP contribution in [0.15, 0.2) is 23.4 Å². The lowest BCUT2D eigenvalue weighted by molar-refractivity contribution is -0.104. The van der Waals surface area contributed by atoms with E-state index in [2.05, 4.69) is 38.8 Å². The highest BCUT2D eigenvalue weighted by molar-refractivity contribution is 5.66. The van der Waals surface area contributed by atoms with Gasteiger partial charge < -0.3 is 4.90 Å². The summed E-state index contributed by atoms with van der Waals surface area (Å²) in [5.41, 5.74) is 2.85. The van der Waals surface area contributed by atoms with Crippen LogP contribution in [0.1, 0.15) is 47.5 Å². The quantitative estimate of drug-likeness (QED) is 0.546. The minimum absolute atomic E-state index is 0.255. The molecule has 102 valence electrons. The summed E-state index contributed by atoms with van der Waals surface area (Å²) in [5.74, 6) is 0.690. The van der Waals surface area contributed by atoms with Gasteiger partial charge in [-0.25, -0.2) is 0 Å². The van der Waals surface area contributed by atoms with Gasteiger partial charge >= 0.3 is 0 Å². The van der Waals surface area contributed by atoms with E-state index in [9.17, 15) is 4.79 Å². The van der Waals surface area contributed by atoms with Gasteiger partial charge in [-0.1, -0.05) is 33.3 Å². The molecule has 0 radical (unpaired) electrons. The zero-order valence-electron chi connectivity index (χ0n) is 12.5. The highest BCUT2D eigenvalue weighted by Gasteiger charge is 2.28. The first-order valence-electron chi connectivity index (χ1n) is 6.91. The average molecular weight is 249 g/mol. The first-order chi connectivity index (χ1) is 8.35. The molecule has 0 aromatic heterocycles. The summed E-state index contributed by atoms with van der Waals surface area (Å²) in [4.78, 5) is 13.0. The Morgan fingerprint density at radius 3 is 2.72 bits per heavy atom. The van der Waals surface area contributed by atoms with Crippen molar-refractivity contribution in [2.45, 2.75) is 47.5 Å². The summed E-state index contributed by atoms with van der Waals surface area (Å²) in [6, 6.07) is 0. The molecule has 0 N–H and O–H groups in total. The monoisotopic (exact) mass is 249 g/mol. The summed E-state index contributed by atoms with van der Waals surface area (Å²) in [6.07, 6.45) is 7.00. The van der Waals surface area contributed by atoms with Gasteiger partial charge in [-0.15, -0.1) is 0 Å². The zero-order valence-corrected chi connectivity index (χ0v) is 12.5. The van der Waals surface area contributed by atoms with Crippen molar-refractivity contribution in [2.75, 3.05) is 13.1 Å². The van der Waals surface area contributed by atoms with Gasteiger partial charge in [0.15, 0.2) is 0 Å². The molecule has 1 aliphatic rings. The van der Waals surface area contributed by atoms with Crippen LogP contribution in [0.4, 0.5) is 0 Å². The van der Waals surface area contributed by atoms with Crippen molar-refractivity contribution in [3.05, 3.63) is 23.4 Å². The van der Waals surface area contributed by atoms with E-state index in [1.54, 1.807) is 6.08 Å².